The second-order valence-corrected chi connectivity index (χ2v) is 5.21. The molecule has 2 unspecified atom stereocenters. The van der Waals surface area contributed by atoms with Gasteiger partial charge in [0.2, 0.25) is 11.8 Å². The molecule has 1 spiro atoms. The van der Waals surface area contributed by atoms with Crippen molar-refractivity contribution in [3.8, 4) is 0 Å². The number of carbonyl (C=O) groups is 2. The Hall–Kier alpha value is -1.75. The molecule has 0 radical (unpaired) electrons. The number of carbonyl (C=O) groups excluding carboxylic acids is 2. The van der Waals surface area contributed by atoms with Crippen LogP contribution in [0.3, 0.4) is 0 Å². The van der Waals surface area contributed by atoms with Crippen LogP contribution in [-0.2, 0) is 14.3 Å². The van der Waals surface area contributed by atoms with E-state index in [0.29, 0.717) is 25.2 Å². The molecule has 2 heterocycles. The zero-order valence-corrected chi connectivity index (χ0v) is 10.3. The summed E-state index contributed by atoms with van der Waals surface area (Å²) in [5, 5.41) is 2.31. The Morgan fingerprint density at radius 2 is 2.11 bits per heavy atom. The number of halogens is 1. The minimum absolute atomic E-state index is 0.206. The molecule has 1 aromatic carbocycles. The van der Waals surface area contributed by atoms with Gasteiger partial charge >= 0.3 is 0 Å². The lowest BCUT2D eigenvalue weighted by Gasteiger charge is -2.38. The number of ether oxygens (including phenoxy) is 1. The molecule has 2 saturated heterocycles. The molecule has 0 bridgehead atoms. The Morgan fingerprint density at radius 3 is 2.79 bits per heavy atom. The third kappa shape index (κ3) is 1.94. The summed E-state index contributed by atoms with van der Waals surface area (Å²) in [6, 6.07) is 6.23. The van der Waals surface area contributed by atoms with E-state index in [1.165, 1.54) is 6.07 Å². The van der Waals surface area contributed by atoms with E-state index in [2.05, 4.69) is 5.32 Å². The topological polar surface area (TPSA) is 55.4 Å². The average molecular weight is 263 g/mol. The monoisotopic (exact) mass is 263 g/mol. The molecular formula is C14H14FNO3. The summed E-state index contributed by atoms with van der Waals surface area (Å²) >= 11 is 0. The standard InChI is InChI=1S/C14H14FNO3/c15-10-4-2-1-3-9(10)12-13(18)16-11(17)7-14(12)5-6-19-8-14/h1-4,12H,5-8H2,(H,16,17,18). The summed E-state index contributed by atoms with van der Waals surface area (Å²) < 4.78 is 19.3. The summed E-state index contributed by atoms with van der Waals surface area (Å²) in [6.07, 6.45) is 0.808. The molecule has 4 nitrogen and oxygen atoms in total. The van der Waals surface area contributed by atoms with E-state index in [9.17, 15) is 14.0 Å². The van der Waals surface area contributed by atoms with Crippen LogP contribution in [0.1, 0.15) is 24.3 Å². The van der Waals surface area contributed by atoms with Crippen molar-refractivity contribution in [1.29, 1.82) is 0 Å². The lowest BCUT2D eigenvalue weighted by molar-refractivity contribution is -0.140. The lowest BCUT2D eigenvalue weighted by atomic mass is 9.66. The number of benzene rings is 1. The highest BCUT2D eigenvalue weighted by atomic mass is 19.1. The highest BCUT2D eigenvalue weighted by Crippen LogP contribution is 2.48. The lowest BCUT2D eigenvalue weighted by Crippen LogP contribution is -2.51. The van der Waals surface area contributed by atoms with Crippen LogP contribution in [-0.4, -0.2) is 25.0 Å². The molecule has 0 aliphatic carbocycles. The number of hydrogen-bond donors (Lipinski definition) is 1. The van der Waals surface area contributed by atoms with Crippen molar-refractivity contribution in [2.45, 2.75) is 18.8 Å². The minimum Gasteiger partial charge on any atom is -0.381 e. The van der Waals surface area contributed by atoms with Crippen LogP contribution in [0.5, 0.6) is 0 Å². The number of nitrogens with one attached hydrogen (secondary N) is 1. The number of imide groups is 1. The minimum atomic E-state index is -0.658. The average Bonchev–Trinajstić information content (AvgIpc) is 2.79. The zero-order chi connectivity index (χ0) is 13.5. The maximum absolute atomic E-state index is 14.0. The molecule has 19 heavy (non-hydrogen) atoms. The van der Waals surface area contributed by atoms with Crippen molar-refractivity contribution in [1.82, 2.24) is 5.32 Å². The van der Waals surface area contributed by atoms with Gasteiger partial charge in [-0.15, -0.1) is 0 Å². The van der Waals surface area contributed by atoms with E-state index in [4.69, 9.17) is 4.74 Å². The predicted octanol–water partition coefficient (Wildman–Crippen LogP) is 1.36. The summed E-state index contributed by atoms with van der Waals surface area (Å²) in [5.41, 5.74) is -0.250. The first-order chi connectivity index (χ1) is 9.12. The van der Waals surface area contributed by atoms with Gasteiger partial charge in [0.1, 0.15) is 5.82 Å². The van der Waals surface area contributed by atoms with E-state index in [1.54, 1.807) is 18.2 Å². The molecule has 2 atom stereocenters. The highest BCUT2D eigenvalue weighted by Gasteiger charge is 2.52. The maximum atomic E-state index is 14.0. The molecule has 2 aliphatic heterocycles. The molecular weight excluding hydrogens is 249 g/mol. The van der Waals surface area contributed by atoms with Gasteiger partial charge in [-0.05, 0) is 12.5 Å². The van der Waals surface area contributed by atoms with Gasteiger partial charge in [-0.1, -0.05) is 18.2 Å². The van der Waals surface area contributed by atoms with Gasteiger partial charge in [0, 0.05) is 24.0 Å². The van der Waals surface area contributed by atoms with Gasteiger partial charge in [-0.3, -0.25) is 14.9 Å². The van der Waals surface area contributed by atoms with Crippen LogP contribution < -0.4 is 5.32 Å². The number of piperidine rings is 1. The second kappa shape index (κ2) is 4.42. The Labute approximate surface area is 109 Å². The number of rotatable bonds is 1. The molecule has 100 valence electrons. The van der Waals surface area contributed by atoms with Crippen molar-refractivity contribution < 1.29 is 18.7 Å². The fourth-order valence-electron chi connectivity index (χ4n) is 3.12. The molecule has 2 aliphatic rings. The molecule has 3 rings (SSSR count). The fraction of sp³-hybridized carbons (Fsp3) is 0.429. The third-order valence-electron chi connectivity index (χ3n) is 4.00. The molecule has 0 aromatic heterocycles. The first-order valence-electron chi connectivity index (χ1n) is 6.28. The van der Waals surface area contributed by atoms with Crippen LogP contribution in [0.25, 0.3) is 0 Å². The number of amides is 2. The fourth-order valence-corrected chi connectivity index (χ4v) is 3.12. The van der Waals surface area contributed by atoms with Crippen molar-refractivity contribution in [3.05, 3.63) is 35.6 Å². The van der Waals surface area contributed by atoms with Crippen LogP contribution in [0.4, 0.5) is 4.39 Å². The Balaban J connectivity index is 2.08. The van der Waals surface area contributed by atoms with Gasteiger partial charge in [0.25, 0.3) is 0 Å². The quantitative estimate of drug-likeness (QED) is 0.778. The van der Waals surface area contributed by atoms with Gasteiger partial charge < -0.3 is 4.74 Å². The van der Waals surface area contributed by atoms with Crippen molar-refractivity contribution >= 4 is 11.8 Å². The largest absolute Gasteiger partial charge is 0.381 e. The SMILES string of the molecule is O=C1CC2(CCOC2)C(c2ccccc2F)C(=O)N1. The van der Waals surface area contributed by atoms with Crippen LogP contribution >= 0.6 is 0 Å². The van der Waals surface area contributed by atoms with Crippen LogP contribution in [0.2, 0.25) is 0 Å². The predicted molar refractivity (Wildman–Crippen MR) is 64.8 cm³/mol. The van der Waals surface area contributed by atoms with Crippen molar-refractivity contribution in [2.24, 2.45) is 5.41 Å². The highest BCUT2D eigenvalue weighted by molar-refractivity contribution is 6.02. The first kappa shape index (κ1) is 12.3. The van der Waals surface area contributed by atoms with E-state index in [1.807, 2.05) is 0 Å². The Kier molecular flexibility index (Phi) is 2.86. The molecule has 1 aromatic rings. The van der Waals surface area contributed by atoms with E-state index >= 15 is 0 Å². The summed E-state index contributed by atoms with van der Waals surface area (Å²) in [7, 11) is 0. The van der Waals surface area contributed by atoms with Crippen molar-refractivity contribution in [3.63, 3.8) is 0 Å². The normalized spacial score (nSPS) is 30.7. The summed E-state index contributed by atoms with van der Waals surface area (Å²) in [5.74, 6) is -1.80. The van der Waals surface area contributed by atoms with Gasteiger partial charge in [0.05, 0.1) is 12.5 Å². The Bertz CT molecular complexity index is 537. The molecule has 0 saturated carbocycles. The Morgan fingerprint density at radius 1 is 1.32 bits per heavy atom. The summed E-state index contributed by atoms with van der Waals surface area (Å²) in [4.78, 5) is 23.8. The first-order valence-corrected chi connectivity index (χ1v) is 6.28. The molecule has 1 N–H and O–H groups in total. The zero-order valence-electron chi connectivity index (χ0n) is 10.3. The maximum Gasteiger partial charge on any atom is 0.234 e. The molecule has 2 amide bonds. The van der Waals surface area contributed by atoms with Gasteiger partial charge in [-0.2, -0.15) is 0 Å². The van der Waals surface area contributed by atoms with Crippen molar-refractivity contribution in [2.75, 3.05) is 13.2 Å². The van der Waals surface area contributed by atoms with Gasteiger partial charge in [-0.25, -0.2) is 4.39 Å². The van der Waals surface area contributed by atoms with E-state index in [0.717, 1.165) is 0 Å². The molecule has 5 heteroatoms. The van der Waals surface area contributed by atoms with Crippen LogP contribution in [0.15, 0.2) is 24.3 Å². The van der Waals surface area contributed by atoms with Crippen LogP contribution in [0, 0.1) is 11.2 Å². The smallest absolute Gasteiger partial charge is 0.234 e. The van der Waals surface area contributed by atoms with E-state index in [-0.39, 0.29) is 12.3 Å². The third-order valence-corrected chi connectivity index (χ3v) is 4.00. The second-order valence-electron chi connectivity index (χ2n) is 5.21. The molecule has 2 fully saturated rings. The van der Waals surface area contributed by atoms with Gasteiger partial charge in [0.15, 0.2) is 0 Å². The number of hydrogen-bond acceptors (Lipinski definition) is 3. The summed E-state index contributed by atoms with van der Waals surface area (Å²) in [6.45, 7) is 0.830. The van der Waals surface area contributed by atoms with E-state index < -0.39 is 23.1 Å².